The van der Waals surface area contributed by atoms with Crippen LogP contribution in [-0.2, 0) is 0 Å². The molecule has 1 heteroatoms. The molecule has 0 rings (SSSR count). The molecule has 0 atom stereocenters. The van der Waals surface area contributed by atoms with E-state index >= 15 is 0 Å². The maximum atomic E-state index is 5.00. The van der Waals surface area contributed by atoms with Crippen LogP contribution in [0.4, 0.5) is 0 Å². The van der Waals surface area contributed by atoms with Crippen molar-refractivity contribution in [1.82, 2.24) is 0 Å². The summed E-state index contributed by atoms with van der Waals surface area (Å²) < 4.78 is 0. The van der Waals surface area contributed by atoms with E-state index in [0.29, 0.717) is 0 Å². The predicted octanol–water partition coefficient (Wildman–Crippen LogP) is 2.52. The summed E-state index contributed by atoms with van der Waals surface area (Å²) in [4.78, 5) is 0. The Bertz CT molecular complexity index is 3.61. The number of rotatable bonds is 0. The molecule has 36 valence electrons. The third-order valence-corrected chi connectivity index (χ3v) is 0. The molecule has 0 aromatic carbocycles. The van der Waals surface area contributed by atoms with Crippen LogP contribution in [0.2, 0.25) is 0 Å². The van der Waals surface area contributed by atoms with Gasteiger partial charge in [-0.1, -0.05) is 21.8 Å². The van der Waals surface area contributed by atoms with E-state index in [0.717, 1.165) is 5.88 Å². The molecule has 0 unspecified atom stereocenters. The van der Waals surface area contributed by atoms with Gasteiger partial charge in [-0.05, 0) is 0 Å². The lowest BCUT2D eigenvalue weighted by Crippen LogP contribution is -1.36. The van der Waals surface area contributed by atoms with Gasteiger partial charge in [0.15, 0.2) is 0 Å². The van der Waals surface area contributed by atoms with Gasteiger partial charge in [-0.3, -0.25) is 0 Å². The van der Waals surface area contributed by atoms with E-state index in [-0.39, 0.29) is 14.9 Å². The molecule has 0 radical (unpaired) electrons. The van der Waals surface area contributed by atoms with Gasteiger partial charge in [0.05, 0.1) is 0 Å². The summed E-state index contributed by atoms with van der Waals surface area (Å²) >= 11 is 5.00. The number of alkyl halides is 1. The molecule has 0 aliphatic rings. The van der Waals surface area contributed by atoms with Crippen molar-refractivity contribution in [2.24, 2.45) is 0 Å². The topological polar surface area (TPSA) is 0 Å². The fourth-order valence-electron chi connectivity index (χ4n) is 0. The first-order valence-electron chi connectivity index (χ1n) is 0.974. The summed E-state index contributed by atoms with van der Waals surface area (Å²) in [6.45, 7) is 1.89. The van der Waals surface area contributed by atoms with Crippen molar-refractivity contribution < 1.29 is 0 Å². The number of hydrogen-bond acceptors (Lipinski definition) is 0. The lowest BCUT2D eigenvalue weighted by Gasteiger charge is -1.45. The van der Waals surface area contributed by atoms with E-state index in [1.54, 1.807) is 0 Å². The van der Waals surface area contributed by atoms with Gasteiger partial charge >= 0.3 is 0 Å². The zero-order chi connectivity index (χ0) is 2.71. The highest BCUT2D eigenvalue weighted by Crippen LogP contribution is 1.59. The SMILES string of the molecule is C.C.CCCl. The second-order valence-corrected chi connectivity index (χ2v) is 0.802. The first kappa shape index (κ1) is 18.6. The predicted molar refractivity (Wildman–Crippen MR) is 29.9 cm³/mol. The van der Waals surface area contributed by atoms with Crippen LogP contribution >= 0.6 is 11.6 Å². The highest BCUT2D eigenvalue weighted by Gasteiger charge is 1.38. The van der Waals surface area contributed by atoms with E-state index < -0.39 is 0 Å². The van der Waals surface area contributed by atoms with E-state index in [1.165, 1.54) is 0 Å². The second kappa shape index (κ2) is 27.9. The van der Waals surface area contributed by atoms with E-state index in [1.807, 2.05) is 6.92 Å². The molecule has 0 saturated carbocycles. The van der Waals surface area contributed by atoms with Crippen molar-refractivity contribution in [2.75, 3.05) is 5.88 Å². The molecule has 0 amide bonds. The zero-order valence-electron chi connectivity index (χ0n) is 2.09. The van der Waals surface area contributed by atoms with Crippen LogP contribution < -0.4 is 0 Å². The lowest BCUT2D eigenvalue weighted by atomic mass is 11.0. The summed E-state index contributed by atoms with van der Waals surface area (Å²) in [6, 6.07) is 0. The molecule has 0 heterocycles. The molecular weight excluding hydrogens is 83.5 g/mol. The van der Waals surface area contributed by atoms with Crippen LogP contribution in [0.1, 0.15) is 21.8 Å². The van der Waals surface area contributed by atoms with Gasteiger partial charge < -0.3 is 0 Å². The Kier molecular flexibility index (Phi) is 104. The Balaban J connectivity index is -0.0000000200. The molecule has 0 nitrogen and oxygen atoms in total. The summed E-state index contributed by atoms with van der Waals surface area (Å²) in [6.07, 6.45) is 0. The molecule has 0 aliphatic carbocycles. The van der Waals surface area contributed by atoms with Gasteiger partial charge in [0, 0.05) is 5.88 Å². The maximum Gasteiger partial charge on any atom is 0.0195 e. The highest BCUT2D eigenvalue weighted by atomic mass is 35.5. The standard InChI is InChI=1S/C2H5Cl.2CH4/c1-2-3;;/h2H2,1H3;2*1H4. The fraction of sp³-hybridized carbons (Fsp3) is 1.00. The molecule has 0 aromatic heterocycles. The largest absolute Gasteiger partial charge is 0.127 e. The molecule has 0 saturated heterocycles. The minimum absolute atomic E-state index is 0. The van der Waals surface area contributed by atoms with Crippen molar-refractivity contribution in [3.05, 3.63) is 0 Å². The molecule has 0 bridgehead atoms. The van der Waals surface area contributed by atoms with Gasteiger partial charge in [-0.15, -0.1) is 11.6 Å². The van der Waals surface area contributed by atoms with Crippen LogP contribution in [0, 0.1) is 0 Å². The van der Waals surface area contributed by atoms with Crippen LogP contribution in [0.5, 0.6) is 0 Å². The van der Waals surface area contributed by atoms with E-state index in [4.69, 9.17) is 11.6 Å². The van der Waals surface area contributed by atoms with Crippen LogP contribution in [-0.4, -0.2) is 5.88 Å². The Labute approximate surface area is 40.1 Å². The van der Waals surface area contributed by atoms with Gasteiger partial charge in [0.1, 0.15) is 0 Å². The van der Waals surface area contributed by atoms with Gasteiger partial charge in [-0.2, -0.15) is 0 Å². The monoisotopic (exact) mass is 96.1 g/mol. The molecule has 5 heavy (non-hydrogen) atoms. The smallest absolute Gasteiger partial charge is 0.0195 e. The number of halogens is 1. The van der Waals surface area contributed by atoms with Crippen molar-refractivity contribution in [1.29, 1.82) is 0 Å². The van der Waals surface area contributed by atoms with Crippen LogP contribution in [0.15, 0.2) is 0 Å². The van der Waals surface area contributed by atoms with Gasteiger partial charge in [-0.25, -0.2) is 0 Å². The van der Waals surface area contributed by atoms with E-state index in [9.17, 15) is 0 Å². The maximum absolute atomic E-state index is 5.00. The number of hydrogen-bond donors (Lipinski definition) is 0. The average molecular weight is 96.6 g/mol. The highest BCUT2D eigenvalue weighted by molar-refractivity contribution is 6.17. The summed E-state index contributed by atoms with van der Waals surface area (Å²) in [7, 11) is 0. The third kappa shape index (κ3) is 268. The van der Waals surface area contributed by atoms with Crippen LogP contribution in [0.25, 0.3) is 0 Å². The van der Waals surface area contributed by atoms with Gasteiger partial charge in [0.25, 0.3) is 0 Å². The minimum Gasteiger partial charge on any atom is -0.127 e. The van der Waals surface area contributed by atoms with Crippen molar-refractivity contribution in [3.8, 4) is 0 Å². The van der Waals surface area contributed by atoms with Gasteiger partial charge in [0.2, 0.25) is 0 Å². The second-order valence-electron chi connectivity index (χ2n) is 0.267. The quantitative estimate of drug-likeness (QED) is 0.407. The zero-order valence-corrected chi connectivity index (χ0v) is 2.84. The first-order chi connectivity index (χ1) is 1.41. The van der Waals surface area contributed by atoms with Crippen molar-refractivity contribution in [3.63, 3.8) is 0 Å². The average Bonchev–Trinajstić information content (AvgIpc) is 0.918. The molecule has 0 spiro atoms. The Morgan fingerprint density at radius 3 is 1.40 bits per heavy atom. The third-order valence-electron chi connectivity index (χ3n) is 0. The van der Waals surface area contributed by atoms with E-state index in [2.05, 4.69) is 0 Å². The molecule has 0 fully saturated rings. The summed E-state index contributed by atoms with van der Waals surface area (Å²) in [5, 5.41) is 0. The molecular formula is C4H13Cl. The molecule has 0 aromatic rings. The first-order valence-corrected chi connectivity index (χ1v) is 1.51. The van der Waals surface area contributed by atoms with Crippen molar-refractivity contribution >= 4 is 11.6 Å². The summed E-state index contributed by atoms with van der Waals surface area (Å²) in [5.74, 6) is 0.722. The normalized spacial score (nSPS) is 3.60. The Hall–Kier alpha value is 0.290. The fourth-order valence-corrected chi connectivity index (χ4v) is 0. The van der Waals surface area contributed by atoms with Crippen LogP contribution in [0.3, 0.4) is 0 Å². The Morgan fingerprint density at radius 2 is 1.40 bits per heavy atom. The Morgan fingerprint density at radius 1 is 1.40 bits per heavy atom. The lowest BCUT2D eigenvalue weighted by molar-refractivity contribution is 1.51. The molecule has 0 N–H and O–H groups in total. The minimum atomic E-state index is 0. The molecule has 0 aliphatic heterocycles. The van der Waals surface area contributed by atoms with Crippen molar-refractivity contribution in [2.45, 2.75) is 21.8 Å². The summed E-state index contributed by atoms with van der Waals surface area (Å²) in [5.41, 5.74) is 0.